The molecule has 0 amide bonds. The van der Waals surface area contributed by atoms with E-state index in [1.165, 1.54) is 25.1 Å². The third-order valence-corrected chi connectivity index (χ3v) is 5.09. The van der Waals surface area contributed by atoms with E-state index >= 15 is 0 Å². The lowest BCUT2D eigenvalue weighted by molar-refractivity contribution is 0.0599. The van der Waals surface area contributed by atoms with E-state index in [4.69, 9.17) is 4.74 Å². The Labute approximate surface area is 156 Å². The smallest absolute Gasteiger partial charge is 0.340 e. The second-order valence-corrected chi connectivity index (χ2v) is 6.74. The highest BCUT2D eigenvalue weighted by Crippen LogP contribution is 2.28. The second-order valence-electron chi connectivity index (χ2n) is 5.66. The Morgan fingerprint density at radius 1 is 1.46 bits per heavy atom. The molecule has 1 heterocycles. The molecule has 0 fully saturated rings. The van der Waals surface area contributed by atoms with Gasteiger partial charge in [0.25, 0.3) is 0 Å². The van der Waals surface area contributed by atoms with Crippen LogP contribution in [0.15, 0.2) is 48.1 Å². The highest BCUT2D eigenvalue weighted by Gasteiger charge is 2.21. The van der Waals surface area contributed by atoms with Crippen molar-refractivity contribution in [3.05, 3.63) is 59.8 Å². The van der Waals surface area contributed by atoms with Crippen LogP contribution < -0.4 is 0 Å². The van der Waals surface area contributed by atoms with Crippen molar-refractivity contribution in [3.8, 4) is 0 Å². The molecule has 0 saturated carbocycles. The number of benzene rings is 1. The maximum atomic E-state index is 11.7. The maximum Gasteiger partial charge on any atom is 0.340 e. The minimum atomic E-state index is -0.995. The van der Waals surface area contributed by atoms with E-state index in [1.807, 2.05) is 13.0 Å². The molecular weight excluding hydrogens is 352 g/mol. The molecule has 7 heteroatoms. The lowest BCUT2D eigenvalue weighted by Gasteiger charge is -2.17. The van der Waals surface area contributed by atoms with E-state index < -0.39 is 11.9 Å². The summed E-state index contributed by atoms with van der Waals surface area (Å²) in [6, 6.07) is 6.93. The molecule has 0 aliphatic rings. The van der Waals surface area contributed by atoms with E-state index in [0.29, 0.717) is 17.0 Å². The number of rotatable bonds is 9. The van der Waals surface area contributed by atoms with Gasteiger partial charge in [0.05, 0.1) is 24.9 Å². The number of aromatic carboxylic acids is 1. The molecule has 2 rings (SSSR count). The van der Waals surface area contributed by atoms with Gasteiger partial charge in [0.2, 0.25) is 0 Å². The minimum Gasteiger partial charge on any atom is -0.478 e. The molecule has 2 aromatic rings. The van der Waals surface area contributed by atoms with Gasteiger partial charge in [-0.15, -0.1) is 18.3 Å². The van der Waals surface area contributed by atoms with Crippen molar-refractivity contribution in [2.24, 2.45) is 0 Å². The predicted molar refractivity (Wildman–Crippen MR) is 101 cm³/mol. The number of thioether (sulfide) groups is 1. The molecule has 1 atom stereocenters. The van der Waals surface area contributed by atoms with Gasteiger partial charge in [-0.3, -0.25) is 4.68 Å². The SMILES string of the molecule is C=CC(Cc1cccc(C(=O)OC)c1)n1ncc(C(=O)O)c1SCCC. The summed E-state index contributed by atoms with van der Waals surface area (Å²) in [7, 11) is 1.34. The monoisotopic (exact) mass is 374 g/mol. The molecule has 0 aliphatic heterocycles. The van der Waals surface area contributed by atoms with E-state index in [2.05, 4.69) is 11.7 Å². The van der Waals surface area contributed by atoms with Gasteiger partial charge >= 0.3 is 11.9 Å². The van der Waals surface area contributed by atoms with Gasteiger partial charge in [-0.2, -0.15) is 5.10 Å². The fraction of sp³-hybridized carbons (Fsp3) is 0.316. The standard InChI is InChI=1S/C19H22N2O4S/c1-4-9-26-17-16(18(22)23)12-20-21(17)15(5-2)11-13-7-6-8-14(10-13)19(24)25-3/h5-8,10,12,15H,2,4,9,11H2,1,3H3,(H,22,23). The third-order valence-electron chi connectivity index (χ3n) is 3.80. The number of esters is 1. The molecule has 1 aromatic carbocycles. The molecule has 1 unspecified atom stereocenters. The van der Waals surface area contributed by atoms with Crippen LogP contribution >= 0.6 is 11.8 Å². The number of carbonyl (C=O) groups is 2. The molecule has 1 N–H and O–H groups in total. The lowest BCUT2D eigenvalue weighted by Crippen LogP contribution is -2.13. The van der Waals surface area contributed by atoms with Crippen LogP contribution in [-0.4, -0.2) is 39.7 Å². The quantitative estimate of drug-likeness (QED) is 0.408. The molecule has 138 valence electrons. The molecule has 26 heavy (non-hydrogen) atoms. The topological polar surface area (TPSA) is 81.4 Å². The van der Waals surface area contributed by atoms with Gasteiger partial charge in [0.1, 0.15) is 10.6 Å². The summed E-state index contributed by atoms with van der Waals surface area (Å²) in [5.74, 6) is -0.591. The number of carboxylic acid groups (broad SMARTS) is 1. The Bertz CT molecular complexity index is 801. The van der Waals surface area contributed by atoms with Crippen LogP contribution in [0, 0.1) is 0 Å². The number of carbonyl (C=O) groups excluding carboxylic acids is 1. The summed E-state index contributed by atoms with van der Waals surface area (Å²) >= 11 is 1.47. The molecule has 0 radical (unpaired) electrons. The van der Waals surface area contributed by atoms with Crippen molar-refractivity contribution in [3.63, 3.8) is 0 Å². The average Bonchev–Trinajstić information content (AvgIpc) is 3.07. The summed E-state index contributed by atoms with van der Waals surface area (Å²) in [6.07, 6.45) is 4.57. The highest BCUT2D eigenvalue weighted by molar-refractivity contribution is 7.99. The number of aromatic nitrogens is 2. The van der Waals surface area contributed by atoms with Crippen LogP contribution in [0.2, 0.25) is 0 Å². The summed E-state index contributed by atoms with van der Waals surface area (Å²) in [6.45, 7) is 5.91. The molecular formula is C19H22N2O4S. The van der Waals surface area contributed by atoms with E-state index in [0.717, 1.165) is 17.7 Å². The Kier molecular flexibility index (Phi) is 7.03. The van der Waals surface area contributed by atoms with Crippen LogP contribution in [0.5, 0.6) is 0 Å². The fourth-order valence-corrected chi connectivity index (χ4v) is 3.54. The van der Waals surface area contributed by atoms with Gasteiger partial charge in [-0.25, -0.2) is 9.59 Å². The van der Waals surface area contributed by atoms with Crippen LogP contribution in [0.4, 0.5) is 0 Å². The summed E-state index contributed by atoms with van der Waals surface area (Å²) in [5.41, 5.74) is 1.58. The van der Waals surface area contributed by atoms with Gasteiger partial charge in [0, 0.05) is 0 Å². The van der Waals surface area contributed by atoms with Gasteiger partial charge < -0.3 is 9.84 Å². The van der Waals surface area contributed by atoms with Crippen molar-refractivity contribution < 1.29 is 19.4 Å². The number of hydrogen-bond acceptors (Lipinski definition) is 5. The van der Waals surface area contributed by atoms with Crippen molar-refractivity contribution in [1.29, 1.82) is 0 Å². The van der Waals surface area contributed by atoms with Crippen LogP contribution in [0.1, 0.15) is 45.7 Å². The summed E-state index contributed by atoms with van der Waals surface area (Å²) < 4.78 is 6.45. The van der Waals surface area contributed by atoms with Crippen LogP contribution in [0.3, 0.4) is 0 Å². The first kappa shape index (κ1) is 19.8. The van der Waals surface area contributed by atoms with Crippen LogP contribution in [0.25, 0.3) is 0 Å². The van der Waals surface area contributed by atoms with Crippen molar-refractivity contribution >= 4 is 23.7 Å². The number of carboxylic acids is 1. The first-order valence-electron chi connectivity index (χ1n) is 8.25. The molecule has 0 aliphatic carbocycles. The van der Waals surface area contributed by atoms with E-state index in [1.54, 1.807) is 29.0 Å². The largest absolute Gasteiger partial charge is 0.478 e. The maximum absolute atomic E-state index is 11.7. The minimum absolute atomic E-state index is 0.193. The zero-order valence-corrected chi connectivity index (χ0v) is 15.7. The van der Waals surface area contributed by atoms with Gasteiger partial charge in [0.15, 0.2) is 0 Å². The molecule has 1 aromatic heterocycles. The normalized spacial score (nSPS) is 11.8. The fourth-order valence-electron chi connectivity index (χ4n) is 2.53. The summed E-state index contributed by atoms with van der Waals surface area (Å²) in [4.78, 5) is 23.2. The third kappa shape index (κ3) is 4.54. The number of allylic oxidation sites excluding steroid dienone is 1. The summed E-state index contributed by atoms with van der Waals surface area (Å²) in [5, 5.41) is 14.3. The van der Waals surface area contributed by atoms with E-state index in [9.17, 15) is 14.7 Å². The van der Waals surface area contributed by atoms with Gasteiger partial charge in [-0.05, 0) is 36.3 Å². The Hall–Kier alpha value is -2.54. The number of nitrogens with zero attached hydrogens (tertiary/aromatic N) is 2. The number of methoxy groups -OCH3 is 1. The van der Waals surface area contributed by atoms with Crippen molar-refractivity contribution in [2.45, 2.75) is 30.8 Å². The molecule has 0 bridgehead atoms. The highest BCUT2D eigenvalue weighted by atomic mass is 32.2. The van der Waals surface area contributed by atoms with E-state index in [-0.39, 0.29) is 11.6 Å². The average molecular weight is 374 g/mol. The van der Waals surface area contributed by atoms with Gasteiger partial charge in [-0.1, -0.05) is 25.1 Å². The molecule has 0 saturated heterocycles. The van der Waals surface area contributed by atoms with Crippen molar-refractivity contribution in [2.75, 3.05) is 12.9 Å². The number of ether oxygens (including phenoxy) is 1. The Morgan fingerprint density at radius 3 is 2.85 bits per heavy atom. The molecule has 0 spiro atoms. The Morgan fingerprint density at radius 2 is 2.23 bits per heavy atom. The Balaban J connectivity index is 2.33. The lowest BCUT2D eigenvalue weighted by atomic mass is 10.0. The first-order chi connectivity index (χ1) is 12.5. The molecule has 6 nitrogen and oxygen atoms in total. The zero-order chi connectivity index (χ0) is 19.1. The first-order valence-corrected chi connectivity index (χ1v) is 9.23. The zero-order valence-electron chi connectivity index (χ0n) is 14.8. The number of hydrogen-bond donors (Lipinski definition) is 1. The van der Waals surface area contributed by atoms with Crippen molar-refractivity contribution in [1.82, 2.24) is 9.78 Å². The predicted octanol–water partition coefficient (Wildman–Crippen LogP) is 3.84. The second kappa shape index (κ2) is 9.24. The van der Waals surface area contributed by atoms with Crippen LogP contribution in [-0.2, 0) is 11.2 Å².